The average Bonchev–Trinajstić information content (AvgIpc) is 2.40. The molecule has 1 fully saturated rings. The van der Waals surface area contributed by atoms with Gasteiger partial charge in [0.15, 0.2) is 5.78 Å². The van der Waals surface area contributed by atoms with E-state index in [0.717, 1.165) is 30.9 Å². The fraction of sp³-hybridized carbons (Fsp3) is 0.500. The molecular formula is C14H20N2O2. The smallest absolute Gasteiger partial charge is 0.159 e. The summed E-state index contributed by atoms with van der Waals surface area (Å²) in [6, 6.07) is 8.15. The monoisotopic (exact) mass is 248 g/mol. The first-order chi connectivity index (χ1) is 8.72. The van der Waals surface area contributed by atoms with Gasteiger partial charge < -0.3 is 15.0 Å². The summed E-state index contributed by atoms with van der Waals surface area (Å²) in [5.74, 6) is 0.107. The number of nitrogens with one attached hydrogen (secondary N) is 1. The Morgan fingerprint density at radius 3 is 3.11 bits per heavy atom. The number of nitrogens with zero attached hydrogens (tertiary/aromatic N) is 1. The Kier molecular flexibility index (Phi) is 4.33. The maximum Gasteiger partial charge on any atom is 0.159 e. The SMILES string of the molecule is COCC1CNCCN1c1cccc(C(C)=O)c1. The first kappa shape index (κ1) is 13.1. The fourth-order valence-corrected chi connectivity index (χ4v) is 2.35. The summed E-state index contributed by atoms with van der Waals surface area (Å²) in [5.41, 5.74) is 1.87. The van der Waals surface area contributed by atoms with E-state index in [1.807, 2.05) is 18.2 Å². The van der Waals surface area contributed by atoms with E-state index in [0.29, 0.717) is 12.6 Å². The average molecular weight is 248 g/mol. The van der Waals surface area contributed by atoms with E-state index < -0.39 is 0 Å². The Hall–Kier alpha value is -1.39. The van der Waals surface area contributed by atoms with Crippen molar-refractivity contribution in [3.63, 3.8) is 0 Å². The molecule has 0 saturated carbocycles. The van der Waals surface area contributed by atoms with Gasteiger partial charge in [0.25, 0.3) is 0 Å². The molecule has 1 heterocycles. The summed E-state index contributed by atoms with van der Waals surface area (Å²) in [5, 5.41) is 3.37. The molecule has 0 amide bonds. The Balaban J connectivity index is 2.22. The molecule has 4 nitrogen and oxygen atoms in total. The number of hydrogen-bond acceptors (Lipinski definition) is 4. The number of carbonyl (C=O) groups is 1. The maximum atomic E-state index is 11.4. The standard InChI is InChI=1S/C14H20N2O2/c1-11(17)12-4-3-5-13(8-12)16-7-6-15-9-14(16)10-18-2/h3-5,8,14-15H,6-7,9-10H2,1-2H3. The predicted octanol–water partition coefficient (Wildman–Crippen LogP) is 1.31. The van der Waals surface area contributed by atoms with Crippen molar-refractivity contribution in [3.05, 3.63) is 29.8 Å². The minimum Gasteiger partial charge on any atom is -0.383 e. The molecule has 1 aliphatic heterocycles. The van der Waals surface area contributed by atoms with Crippen LogP contribution in [0.25, 0.3) is 0 Å². The molecule has 4 heteroatoms. The van der Waals surface area contributed by atoms with Crippen LogP contribution < -0.4 is 10.2 Å². The lowest BCUT2D eigenvalue weighted by Gasteiger charge is -2.37. The van der Waals surface area contributed by atoms with Gasteiger partial charge in [0.1, 0.15) is 0 Å². The van der Waals surface area contributed by atoms with Gasteiger partial charge in [-0.05, 0) is 19.1 Å². The van der Waals surface area contributed by atoms with Gasteiger partial charge in [0, 0.05) is 38.0 Å². The molecule has 18 heavy (non-hydrogen) atoms. The van der Waals surface area contributed by atoms with Gasteiger partial charge in [-0.1, -0.05) is 12.1 Å². The number of Topliss-reactive ketones (excluding diaryl/α,β-unsaturated/α-hetero) is 1. The van der Waals surface area contributed by atoms with E-state index >= 15 is 0 Å². The number of piperazine rings is 1. The summed E-state index contributed by atoms with van der Waals surface area (Å²) in [6.07, 6.45) is 0. The number of rotatable bonds is 4. The fourth-order valence-electron chi connectivity index (χ4n) is 2.35. The molecule has 0 aromatic heterocycles. The second kappa shape index (κ2) is 5.98. The lowest BCUT2D eigenvalue weighted by atomic mass is 10.1. The van der Waals surface area contributed by atoms with Crippen LogP contribution in [0.4, 0.5) is 5.69 Å². The number of ether oxygens (including phenoxy) is 1. The molecule has 1 aromatic carbocycles. The normalized spacial score (nSPS) is 19.9. The summed E-state index contributed by atoms with van der Waals surface area (Å²) >= 11 is 0. The van der Waals surface area contributed by atoms with E-state index in [1.54, 1.807) is 14.0 Å². The Bertz CT molecular complexity index is 418. The van der Waals surface area contributed by atoms with Crippen LogP contribution in [0.15, 0.2) is 24.3 Å². The van der Waals surface area contributed by atoms with E-state index in [2.05, 4.69) is 16.3 Å². The van der Waals surface area contributed by atoms with Crippen molar-refractivity contribution in [3.8, 4) is 0 Å². The molecule has 1 saturated heterocycles. The first-order valence-electron chi connectivity index (χ1n) is 6.29. The van der Waals surface area contributed by atoms with E-state index in [4.69, 9.17) is 4.74 Å². The van der Waals surface area contributed by atoms with Gasteiger partial charge in [-0.3, -0.25) is 4.79 Å². The summed E-state index contributed by atoms with van der Waals surface area (Å²) in [6.45, 7) is 5.11. The third kappa shape index (κ3) is 2.89. The molecule has 2 rings (SSSR count). The molecule has 1 N–H and O–H groups in total. The zero-order chi connectivity index (χ0) is 13.0. The molecule has 0 radical (unpaired) electrons. The number of methoxy groups -OCH3 is 1. The number of benzene rings is 1. The van der Waals surface area contributed by atoms with Crippen molar-refractivity contribution in [1.82, 2.24) is 5.32 Å². The molecule has 1 aliphatic rings. The molecule has 98 valence electrons. The number of anilines is 1. The summed E-state index contributed by atoms with van der Waals surface area (Å²) in [4.78, 5) is 13.7. The number of ketones is 1. The minimum atomic E-state index is 0.107. The van der Waals surface area contributed by atoms with Crippen molar-refractivity contribution in [2.75, 3.05) is 38.3 Å². The highest BCUT2D eigenvalue weighted by atomic mass is 16.5. The molecule has 1 aromatic rings. The van der Waals surface area contributed by atoms with Gasteiger partial charge >= 0.3 is 0 Å². The molecule has 0 bridgehead atoms. The summed E-state index contributed by atoms with van der Waals surface area (Å²) < 4.78 is 5.26. The van der Waals surface area contributed by atoms with Crippen molar-refractivity contribution in [2.45, 2.75) is 13.0 Å². The van der Waals surface area contributed by atoms with Gasteiger partial charge in [-0.15, -0.1) is 0 Å². The van der Waals surface area contributed by atoms with Gasteiger partial charge in [0.2, 0.25) is 0 Å². The van der Waals surface area contributed by atoms with Crippen LogP contribution in [-0.2, 0) is 4.74 Å². The van der Waals surface area contributed by atoms with Crippen LogP contribution in [0.1, 0.15) is 17.3 Å². The number of carbonyl (C=O) groups excluding carboxylic acids is 1. The minimum absolute atomic E-state index is 0.107. The van der Waals surface area contributed by atoms with Crippen molar-refractivity contribution >= 4 is 11.5 Å². The van der Waals surface area contributed by atoms with Crippen LogP contribution in [0.5, 0.6) is 0 Å². The molecule has 1 atom stereocenters. The Labute approximate surface area is 108 Å². The van der Waals surface area contributed by atoms with Crippen LogP contribution in [0.3, 0.4) is 0 Å². The van der Waals surface area contributed by atoms with Crippen LogP contribution in [0, 0.1) is 0 Å². The van der Waals surface area contributed by atoms with Crippen molar-refractivity contribution in [1.29, 1.82) is 0 Å². The predicted molar refractivity (Wildman–Crippen MR) is 72.3 cm³/mol. The largest absolute Gasteiger partial charge is 0.383 e. The van der Waals surface area contributed by atoms with Gasteiger partial charge in [0.05, 0.1) is 12.6 Å². The lowest BCUT2D eigenvalue weighted by Crippen LogP contribution is -2.53. The lowest BCUT2D eigenvalue weighted by molar-refractivity contribution is 0.101. The highest BCUT2D eigenvalue weighted by Crippen LogP contribution is 2.20. The van der Waals surface area contributed by atoms with Crippen molar-refractivity contribution in [2.24, 2.45) is 0 Å². The molecule has 1 unspecified atom stereocenters. The second-order valence-corrected chi connectivity index (χ2v) is 4.61. The number of hydrogen-bond donors (Lipinski definition) is 1. The van der Waals surface area contributed by atoms with Gasteiger partial charge in [-0.2, -0.15) is 0 Å². The zero-order valence-corrected chi connectivity index (χ0v) is 11.0. The third-order valence-electron chi connectivity index (χ3n) is 3.29. The first-order valence-corrected chi connectivity index (χ1v) is 6.29. The topological polar surface area (TPSA) is 41.6 Å². The van der Waals surface area contributed by atoms with E-state index in [-0.39, 0.29) is 5.78 Å². The molecule has 0 spiro atoms. The quantitative estimate of drug-likeness (QED) is 0.816. The third-order valence-corrected chi connectivity index (χ3v) is 3.29. The highest BCUT2D eigenvalue weighted by Gasteiger charge is 2.22. The molecular weight excluding hydrogens is 228 g/mol. The van der Waals surface area contributed by atoms with Gasteiger partial charge in [-0.25, -0.2) is 0 Å². The second-order valence-electron chi connectivity index (χ2n) is 4.61. The Morgan fingerprint density at radius 2 is 2.39 bits per heavy atom. The highest BCUT2D eigenvalue weighted by molar-refractivity contribution is 5.95. The van der Waals surface area contributed by atoms with Crippen LogP contribution >= 0.6 is 0 Å². The summed E-state index contributed by atoms with van der Waals surface area (Å²) in [7, 11) is 1.72. The van der Waals surface area contributed by atoms with E-state index in [1.165, 1.54) is 0 Å². The van der Waals surface area contributed by atoms with Crippen LogP contribution in [-0.4, -0.2) is 45.2 Å². The van der Waals surface area contributed by atoms with E-state index in [9.17, 15) is 4.79 Å². The molecule has 0 aliphatic carbocycles. The Morgan fingerprint density at radius 1 is 1.56 bits per heavy atom. The van der Waals surface area contributed by atoms with Crippen molar-refractivity contribution < 1.29 is 9.53 Å². The zero-order valence-electron chi connectivity index (χ0n) is 11.0. The maximum absolute atomic E-state index is 11.4. The van der Waals surface area contributed by atoms with Crippen LogP contribution in [0.2, 0.25) is 0 Å².